The topological polar surface area (TPSA) is 90.4 Å². The average molecular weight is 684 g/mol. The Balaban J connectivity index is 1.64. The molecule has 3 amide bonds. The maximum Gasteiger partial charge on any atom is 0.249 e. The third kappa shape index (κ3) is 6.81. The number of hydrogen-bond acceptors (Lipinski definition) is 5. The second kappa shape index (κ2) is 14.5. The van der Waals surface area contributed by atoms with Crippen molar-refractivity contribution >= 4 is 17.7 Å². The summed E-state index contributed by atoms with van der Waals surface area (Å²) in [5.41, 5.74) is -0.876. The number of carbonyl (C=O) groups is 3. The van der Waals surface area contributed by atoms with Gasteiger partial charge in [0, 0.05) is 25.2 Å². The zero-order valence-electron chi connectivity index (χ0n) is 30.9. The number of hydrogen-bond donors (Lipinski definition) is 1. The minimum atomic E-state index is -1.22. The molecule has 2 unspecified atom stereocenters. The Morgan fingerprint density at radius 3 is 2.10 bits per heavy atom. The first-order chi connectivity index (χ1) is 23.7. The van der Waals surface area contributed by atoms with Crippen LogP contribution in [0.1, 0.15) is 78.4 Å². The van der Waals surface area contributed by atoms with E-state index in [1.54, 1.807) is 22.0 Å². The number of nitrogens with zero attached hydrogens (tertiary/aromatic N) is 3. The number of aliphatic hydroxyl groups is 1. The van der Waals surface area contributed by atoms with Gasteiger partial charge in [0.15, 0.2) is 0 Å². The van der Waals surface area contributed by atoms with E-state index in [-0.39, 0.29) is 36.3 Å². The van der Waals surface area contributed by atoms with Crippen LogP contribution in [0, 0.1) is 17.3 Å². The molecule has 50 heavy (non-hydrogen) atoms. The molecule has 3 saturated heterocycles. The molecule has 8 heteroatoms. The molecule has 1 N–H and O–H groups in total. The molecule has 3 aliphatic rings. The molecule has 2 bridgehead atoms. The van der Waals surface area contributed by atoms with Crippen LogP contribution in [-0.2, 0) is 32.1 Å². The largest absolute Gasteiger partial charge is 0.394 e. The summed E-state index contributed by atoms with van der Waals surface area (Å²) in [4.78, 5) is 50.7. The Bertz CT molecular complexity index is 1550. The molecular weight excluding hydrogens is 626 g/mol. The lowest BCUT2D eigenvalue weighted by molar-refractivity contribution is -0.161. The van der Waals surface area contributed by atoms with E-state index in [4.69, 9.17) is 4.74 Å². The molecule has 0 radical (unpaired) electrons. The van der Waals surface area contributed by atoms with E-state index in [9.17, 15) is 9.90 Å². The minimum Gasteiger partial charge on any atom is -0.394 e. The zero-order valence-corrected chi connectivity index (χ0v) is 30.9. The predicted molar refractivity (Wildman–Crippen MR) is 197 cm³/mol. The molecule has 8 nitrogen and oxygen atoms in total. The van der Waals surface area contributed by atoms with Gasteiger partial charge in [0.2, 0.25) is 17.7 Å². The molecule has 3 aliphatic heterocycles. The number of fused-ring (bicyclic) bond motifs is 1. The Morgan fingerprint density at radius 1 is 0.960 bits per heavy atom. The summed E-state index contributed by atoms with van der Waals surface area (Å²) in [6.45, 7) is 21.2. The molecular formula is C42H57N3O5. The number of aliphatic hydroxyl groups excluding tert-OH is 1. The van der Waals surface area contributed by atoms with E-state index in [0.29, 0.717) is 45.2 Å². The number of carbonyl (C=O) groups excluding carboxylic acids is 3. The van der Waals surface area contributed by atoms with Crippen molar-refractivity contribution in [2.24, 2.45) is 17.3 Å². The fraction of sp³-hybridized carbons (Fsp3) is 0.548. The highest BCUT2D eigenvalue weighted by Gasteiger charge is 2.79. The molecule has 270 valence electrons. The first-order valence-corrected chi connectivity index (χ1v) is 18.2. The molecule has 0 aromatic heterocycles. The van der Waals surface area contributed by atoms with Gasteiger partial charge in [-0.15, -0.1) is 13.2 Å². The number of ether oxygens (including phenoxy) is 1. The highest BCUT2D eigenvalue weighted by Crippen LogP contribution is 2.65. The predicted octanol–water partition coefficient (Wildman–Crippen LogP) is 6.19. The summed E-state index contributed by atoms with van der Waals surface area (Å²) in [7, 11) is 0. The fourth-order valence-corrected chi connectivity index (χ4v) is 9.54. The number of benzene rings is 2. The van der Waals surface area contributed by atoms with E-state index in [1.807, 2.05) is 72.5 Å². The fourth-order valence-electron chi connectivity index (χ4n) is 9.54. The normalized spacial score (nSPS) is 26.4. The lowest BCUT2D eigenvalue weighted by Crippen LogP contribution is -2.62. The van der Waals surface area contributed by atoms with Crippen LogP contribution in [0.5, 0.6) is 0 Å². The Kier molecular flexibility index (Phi) is 10.9. The van der Waals surface area contributed by atoms with Gasteiger partial charge in [0.1, 0.15) is 11.6 Å². The zero-order chi connectivity index (χ0) is 36.5. The lowest BCUT2D eigenvalue weighted by atomic mass is 9.64. The van der Waals surface area contributed by atoms with Crippen LogP contribution in [0.25, 0.3) is 0 Å². The van der Waals surface area contributed by atoms with Gasteiger partial charge in [-0.05, 0) is 62.5 Å². The van der Waals surface area contributed by atoms with Crippen molar-refractivity contribution < 1.29 is 24.2 Å². The molecule has 2 aromatic carbocycles. The number of likely N-dealkylation sites (tertiary alicyclic amines) is 1. The smallest absolute Gasteiger partial charge is 0.249 e. The van der Waals surface area contributed by atoms with E-state index in [1.165, 1.54) is 0 Å². The van der Waals surface area contributed by atoms with Crippen molar-refractivity contribution in [1.29, 1.82) is 0 Å². The molecule has 0 saturated carbocycles. The Hall–Kier alpha value is -3.75. The van der Waals surface area contributed by atoms with Gasteiger partial charge in [0.25, 0.3) is 0 Å². The van der Waals surface area contributed by atoms with Crippen LogP contribution in [-0.4, -0.2) is 86.0 Å². The lowest BCUT2D eigenvalue weighted by Gasteiger charge is -2.46. The minimum absolute atomic E-state index is 0.0877. The molecule has 1 spiro atoms. The third-order valence-corrected chi connectivity index (χ3v) is 11.2. The van der Waals surface area contributed by atoms with Gasteiger partial charge in [-0.25, -0.2) is 0 Å². The standard InChI is InChI=1S/C42H57N3O5/c1-9-24-43(27-31-20-16-13-17-21-31)36(47)33-34-37(48)45(32(28-46)26-30-18-14-12-15-19-30)35(42(34)23-22-41(33,11-3)50-42)38(49)44(25-10-2)40(7,8)29-39(4,5)6/h9-10,12-21,32-35,46H,1-2,11,22-29H2,3-8H3/t32-,33-,34+,35?,41+,42?/m1/s1. The molecule has 3 heterocycles. The van der Waals surface area contributed by atoms with Crippen LogP contribution in [0.2, 0.25) is 0 Å². The van der Waals surface area contributed by atoms with Crippen molar-refractivity contribution in [3.05, 3.63) is 97.1 Å². The van der Waals surface area contributed by atoms with Crippen molar-refractivity contribution in [2.45, 2.75) is 109 Å². The van der Waals surface area contributed by atoms with E-state index in [2.05, 4.69) is 47.8 Å². The first-order valence-electron chi connectivity index (χ1n) is 18.2. The van der Waals surface area contributed by atoms with Gasteiger partial charge in [0.05, 0.1) is 30.1 Å². The summed E-state index contributed by atoms with van der Waals surface area (Å²) in [5, 5.41) is 11.0. The Labute approximate surface area is 299 Å². The maximum atomic E-state index is 15.4. The van der Waals surface area contributed by atoms with E-state index in [0.717, 1.165) is 11.1 Å². The molecule has 5 rings (SSSR count). The van der Waals surface area contributed by atoms with Gasteiger partial charge < -0.3 is 24.5 Å². The van der Waals surface area contributed by atoms with Crippen molar-refractivity contribution in [2.75, 3.05) is 19.7 Å². The first kappa shape index (κ1) is 37.5. The summed E-state index contributed by atoms with van der Waals surface area (Å²) < 4.78 is 7.16. The van der Waals surface area contributed by atoms with Crippen LogP contribution in [0.3, 0.4) is 0 Å². The highest BCUT2D eigenvalue weighted by atomic mass is 16.5. The quantitative estimate of drug-likeness (QED) is 0.226. The van der Waals surface area contributed by atoms with Crippen LogP contribution >= 0.6 is 0 Å². The molecule has 6 atom stereocenters. The maximum absolute atomic E-state index is 15.4. The van der Waals surface area contributed by atoms with Crippen LogP contribution < -0.4 is 0 Å². The second-order valence-corrected chi connectivity index (χ2v) is 16.4. The van der Waals surface area contributed by atoms with Crippen LogP contribution in [0.4, 0.5) is 0 Å². The van der Waals surface area contributed by atoms with Gasteiger partial charge in [-0.3, -0.25) is 14.4 Å². The van der Waals surface area contributed by atoms with Crippen LogP contribution in [0.15, 0.2) is 86.0 Å². The van der Waals surface area contributed by atoms with Crippen molar-refractivity contribution in [3.8, 4) is 0 Å². The molecule has 3 fully saturated rings. The highest BCUT2D eigenvalue weighted by molar-refractivity contribution is 5.99. The van der Waals surface area contributed by atoms with E-state index < -0.39 is 40.7 Å². The third-order valence-electron chi connectivity index (χ3n) is 11.2. The number of rotatable bonds is 15. The van der Waals surface area contributed by atoms with Gasteiger partial charge >= 0.3 is 0 Å². The van der Waals surface area contributed by atoms with Crippen molar-refractivity contribution in [3.63, 3.8) is 0 Å². The molecule has 2 aromatic rings. The summed E-state index contributed by atoms with van der Waals surface area (Å²) in [6, 6.07) is 17.8. The molecule has 0 aliphatic carbocycles. The van der Waals surface area contributed by atoms with Gasteiger partial charge in [-0.2, -0.15) is 0 Å². The van der Waals surface area contributed by atoms with Crippen molar-refractivity contribution in [1.82, 2.24) is 14.7 Å². The average Bonchev–Trinajstić information content (AvgIpc) is 3.68. The Morgan fingerprint density at radius 2 is 1.56 bits per heavy atom. The summed E-state index contributed by atoms with van der Waals surface area (Å²) >= 11 is 0. The monoisotopic (exact) mass is 683 g/mol. The number of amides is 3. The summed E-state index contributed by atoms with van der Waals surface area (Å²) in [5.74, 6) is -2.35. The van der Waals surface area contributed by atoms with Gasteiger partial charge in [-0.1, -0.05) is 101 Å². The summed E-state index contributed by atoms with van der Waals surface area (Å²) in [6.07, 6.45) is 6.07. The van der Waals surface area contributed by atoms with E-state index >= 15 is 9.59 Å². The SMILES string of the molecule is C=CCN(Cc1ccccc1)C(=O)[C@H]1[C@H]2C(=O)N([C@@H](CO)Cc3ccccc3)C(C(=O)N(CC=C)C(C)(C)CC(C)(C)C)C23CC[C@]1(CC)O3. The second-order valence-electron chi connectivity index (χ2n) is 16.4.